The van der Waals surface area contributed by atoms with E-state index in [1.54, 1.807) is 0 Å². The summed E-state index contributed by atoms with van der Waals surface area (Å²) in [6.45, 7) is 1.29. The van der Waals surface area contributed by atoms with Crippen LogP contribution in [0.2, 0.25) is 0 Å². The Bertz CT molecular complexity index is 446. The monoisotopic (exact) mass is 445 g/mol. The number of nitrogens with one attached hydrogen (secondary N) is 1. The second kappa shape index (κ2) is 20.9. The highest BCUT2D eigenvalue weighted by Gasteiger charge is 2.30. The lowest BCUT2D eigenvalue weighted by Crippen LogP contribution is -2.49. The van der Waals surface area contributed by atoms with Gasteiger partial charge in [0.15, 0.2) is 0 Å². The van der Waals surface area contributed by atoms with Gasteiger partial charge in [-0.15, -0.1) is 0 Å². The average molecular weight is 446 g/mol. The molecule has 0 aromatic carbocycles. The number of aliphatic hydroxyl groups is 5. The fraction of sp³-hybridized carbons (Fsp3) is 0.875. The van der Waals surface area contributed by atoms with Gasteiger partial charge in [-0.25, -0.2) is 0 Å². The summed E-state index contributed by atoms with van der Waals surface area (Å²) in [5, 5.41) is 49.5. The van der Waals surface area contributed by atoms with E-state index >= 15 is 0 Å². The van der Waals surface area contributed by atoms with Gasteiger partial charge < -0.3 is 30.8 Å². The summed E-state index contributed by atoms with van der Waals surface area (Å²) in [6, 6.07) is 0. The molecule has 0 aliphatic heterocycles. The molecule has 0 rings (SSSR count). The quantitative estimate of drug-likeness (QED) is 0.119. The normalized spacial score (nSPS) is 15.7. The van der Waals surface area contributed by atoms with Crippen LogP contribution in [0, 0.1) is 0 Å². The maximum Gasteiger partial charge on any atom is 0.220 e. The molecule has 4 atom stereocenters. The first kappa shape index (κ1) is 30.0. The Kier molecular flexibility index (Phi) is 20.2. The standard InChI is InChI=1S/C24H47NO6/c1-2-3-4-5-6-7-8-9-10-11-12-13-14-15-16-17-22(29)25-18-20(27)23(30)24(31)21(28)19-26/h9-10,20-21,23-24,26-28,30-31H,2-8,11-19H2,1H3,(H,25,29). The highest BCUT2D eigenvalue weighted by Crippen LogP contribution is 2.10. The van der Waals surface area contributed by atoms with Crippen LogP contribution in [-0.2, 0) is 4.79 Å². The van der Waals surface area contributed by atoms with Gasteiger partial charge in [0.2, 0.25) is 5.91 Å². The van der Waals surface area contributed by atoms with Crippen molar-refractivity contribution in [3.8, 4) is 0 Å². The van der Waals surface area contributed by atoms with Crippen LogP contribution in [0.5, 0.6) is 0 Å². The van der Waals surface area contributed by atoms with Crippen LogP contribution in [0.15, 0.2) is 12.2 Å². The van der Waals surface area contributed by atoms with Crippen molar-refractivity contribution in [3.63, 3.8) is 0 Å². The molecule has 0 radical (unpaired) electrons. The SMILES string of the molecule is CCCCCCCCC=CCCCCCCCC(=O)NCC(O)C(O)C(O)C(O)CO. The number of hydrogen-bond donors (Lipinski definition) is 6. The van der Waals surface area contributed by atoms with Gasteiger partial charge in [0.05, 0.1) is 12.7 Å². The molecule has 0 aliphatic rings. The molecule has 6 N–H and O–H groups in total. The van der Waals surface area contributed by atoms with Crippen molar-refractivity contribution in [1.29, 1.82) is 0 Å². The number of allylic oxidation sites excluding steroid dienone is 2. The molecular weight excluding hydrogens is 398 g/mol. The van der Waals surface area contributed by atoms with E-state index in [0.29, 0.717) is 6.42 Å². The first-order valence-electron chi connectivity index (χ1n) is 12.2. The summed E-state index contributed by atoms with van der Waals surface area (Å²) in [4.78, 5) is 11.8. The van der Waals surface area contributed by atoms with Crippen LogP contribution >= 0.6 is 0 Å². The van der Waals surface area contributed by atoms with Gasteiger partial charge in [0.1, 0.15) is 18.3 Å². The van der Waals surface area contributed by atoms with Crippen molar-refractivity contribution in [2.24, 2.45) is 0 Å². The van der Waals surface area contributed by atoms with Gasteiger partial charge in [-0.2, -0.15) is 0 Å². The van der Waals surface area contributed by atoms with E-state index in [-0.39, 0.29) is 12.5 Å². The fourth-order valence-electron chi connectivity index (χ4n) is 3.35. The fourth-order valence-corrected chi connectivity index (χ4v) is 3.35. The van der Waals surface area contributed by atoms with E-state index in [4.69, 9.17) is 5.11 Å². The van der Waals surface area contributed by atoms with E-state index < -0.39 is 31.0 Å². The van der Waals surface area contributed by atoms with Crippen molar-refractivity contribution in [2.75, 3.05) is 13.2 Å². The number of hydrogen-bond acceptors (Lipinski definition) is 6. The van der Waals surface area contributed by atoms with Crippen LogP contribution in [0.25, 0.3) is 0 Å². The molecule has 0 saturated heterocycles. The third kappa shape index (κ3) is 17.3. The van der Waals surface area contributed by atoms with Crippen molar-refractivity contribution < 1.29 is 30.3 Å². The van der Waals surface area contributed by atoms with Crippen LogP contribution in [-0.4, -0.2) is 69.0 Å². The molecule has 4 unspecified atom stereocenters. The minimum atomic E-state index is -1.68. The zero-order chi connectivity index (χ0) is 23.3. The van der Waals surface area contributed by atoms with Crippen molar-refractivity contribution in [3.05, 3.63) is 12.2 Å². The summed E-state index contributed by atoms with van der Waals surface area (Å²) < 4.78 is 0. The van der Waals surface area contributed by atoms with Crippen LogP contribution in [0.1, 0.15) is 96.8 Å². The van der Waals surface area contributed by atoms with Gasteiger partial charge in [-0.05, 0) is 32.1 Å². The van der Waals surface area contributed by atoms with Crippen molar-refractivity contribution >= 4 is 5.91 Å². The maximum atomic E-state index is 11.8. The third-order valence-electron chi connectivity index (χ3n) is 5.50. The minimum absolute atomic E-state index is 0.221. The number of unbranched alkanes of at least 4 members (excludes halogenated alkanes) is 11. The lowest BCUT2D eigenvalue weighted by molar-refractivity contribution is -0.126. The molecule has 1 amide bonds. The molecule has 0 spiro atoms. The Balaban J connectivity index is 3.55. The van der Waals surface area contributed by atoms with Gasteiger partial charge in [0, 0.05) is 13.0 Å². The van der Waals surface area contributed by atoms with E-state index in [1.165, 1.54) is 51.4 Å². The zero-order valence-corrected chi connectivity index (χ0v) is 19.4. The predicted octanol–water partition coefficient (Wildman–Crippen LogP) is 2.58. The van der Waals surface area contributed by atoms with Gasteiger partial charge >= 0.3 is 0 Å². The largest absolute Gasteiger partial charge is 0.394 e. The highest BCUT2D eigenvalue weighted by molar-refractivity contribution is 5.75. The van der Waals surface area contributed by atoms with Crippen LogP contribution < -0.4 is 5.32 Å². The maximum absolute atomic E-state index is 11.8. The van der Waals surface area contributed by atoms with Crippen LogP contribution in [0.3, 0.4) is 0 Å². The van der Waals surface area contributed by atoms with Crippen molar-refractivity contribution in [1.82, 2.24) is 5.32 Å². The molecule has 0 heterocycles. The topological polar surface area (TPSA) is 130 Å². The summed E-state index contributed by atoms with van der Waals surface area (Å²) in [6.07, 6.45) is 14.1. The van der Waals surface area contributed by atoms with Gasteiger partial charge in [-0.1, -0.05) is 70.4 Å². The van der Waals surface area contributed by atoms with Crippen molar-refractivity contribution in [2.45, 2.75) is 121 Å². The Hall–Kier alpha value is -0.990. The number of carbonyl (C=O) groups excluding carboxylic acids is 1. The molecule has 184 valence electrons. The van der Waals surface area contributed by atoms with E-state index in [1.807, 2.05) is 0 Å². The number of carbonyl (C=O) groups is 1. The molecule has 0 aromatic heterocycles. The van der Waals surface area contributed by atoms with E-state index in [2.05, 4.69) is 24.4 Å². The molecule has 7 heteroatoms. The Morgan fingerprint density at radius 2 is 1.23 bits per heavy atom. The highest BCUT2D eigenvalue weighted by atomic mass is 16.4. The predicted molar refractivity (Wildman–Crippen MR) is 124 cm³/mol. The lowest BCUT2D eigenvalue weighted by atomic mass is 10.0. The molecule has 0 aromatic rings. The molecule has 0 saturated carbocycles. The Morgan fingerprint density at radius 3 is 1.77 bits per heavy atom. The van der Waals surface area contributed by atoms with Crippen LogP contribution in [0.4, 0.5) is 0 Å². The summed E-state index contributed by atoms with van der Waals surface area (Å²) in [5.74, 6) is -0.221. The molecule has 0 aliphatic carbocycles. The first-order valence-corrected chi connectivity index (χ1v) is 12.2. The molecular formula is C24H47NO6. The Labute approximate surface area is 188 Å². The van der Waals surface area contributed by atoms with Gasteiger partial charge in [0.25, 0.3) is 0 Å². The zero-order valence-electron chi connectivity index (χ0n) is 19.4. The third-order valence-corrected chi connectivity index (χ3v) is 5.50. The summed E-state index contributed by atoms with van der Waals surface area (Å²) in [5.41, 5.74) is 0. The summed E-state index contributed by atoms with van der Waals surface area (Å²) in [7, 11) is 0. The molecule has 0 bridgehead atoms. The number of rotatable bonds is 21. The smallest absolute Gasteiger partial charge is 0.220 e. The molecule has 31 heavy (non-hydrogen) atoms. The number of aliphatic hydroxyl groups excluding tert-OH is 5. The average Bonchev–Trinajstić information content (AvgIpc) is 2.78. The molecule has 7 nitrogen and oxygen atoms in total. The second-order valence-corrected chi connectivity index (χ2v) is 8.44. The van der Waals surface area contributed by atoms with Gasteiger partial charge in [-0.3, -0.25) is 4.79 Å². The minimum Gasteiger partial charge on any atom is -0.394 e. The first-order chi connectivity index (χ1) is 14.9. The Morgan fingerprint density at radius 1 is 0.742 bits per heavy atom. The summed E-state index contributed by atoms with van der Waals surface area (Å²) >= 11 is 0. The van der Waals surface area contributed by atoms with E-state index in [0.717, 1.165) is 32.1 Å². The van der Waals surface area contributed by atoms with E-state index in [9.17, 15) is 25.2 Å². The molecule has 0 fully saturated rings. The number of amides is 1. The lowest BCUT2D eigenvalue weighted by Gasteiger charge is -2.25. The second-order valence-electron chi connectivity index (χ2n) is 8.44.